The van der Waals surface area contributed by atoms with E-state index in [-0.39, 0.29) is 20.8 Å². The van der Waals surface area contributed by atoms with Crippen molar-refractivity contribution in [1.29, 1.82) is 0 Å². The first-order valence-electron chi connectivity index (χ1n) is 8.87. The molecule has 0 atom stereocenters. The Morgan fingerprint density at radius 1 is 1.19 bits per heavy atom. The van der Waals surface area contributed by atoms with Crippen molar-refractivity contribution in [2.45, 2.75) is 28.8 Å². The summed E-state index contributed by atoms with van der Waals surface area (Å²) in [6.45, 7) is 3.33. The molecule has 0 fully saturated rings. The van der Waals surface area contributed by atoms with Crippen molar-refractivity contribution in [2.75, 3.05) is 11.1 Å². The van der Waals surface area contributed by atoms with E-state index in [1.807, 2.05) is 0 Å². The van der Waals surface area contributed by atoms with Crippen LogP contribution in [0.25, 0.3) is 0 Å². The van der Waals surface area contributed by atoms with Crippen molar-refractivity contribution in [3.8, 4) is 0 Å². The van der Waals surface area contributed by atoms with Crippen molar-refractivity contribution in [3.63, 3.8) is 0 Å². The number of anilines is 1. The van der Waals surface area contributed by atoms with E-state index in [1.165, 1.54) is 24.3 Å². The molecule has 11 heteroatoms. The van der Waals surface area contributed by atoms with Crippen LogP contribution >= 0.6 is 23.4 Å². The van der Waals surface area contributed by atoms with Gasteiger partial charge < -0.3 is 10.3 Å². The minimum absolute atomic E-state index is 0.0659. The Balaban J connectivity index is 1.71. The highest BCUT2D eigenvalue weighted by atomic mass is 35.5. The molecule has 2 aromatic carbocycles. The second kappa shape index (κ2) is 9.21. The molecule has 2 N–H and O–H groups in total. The topological polar surface area (TPSA) is 109 Å². The standard InChI is InChI=1S/C20H17ClFN3O4S2/c1-11-4-6-14(8-15(11)21)31(28,29)17-9-23-20(25-19(17)27)30-10-18(26)24-13-5-3-12(2)16(22)7-13/h3-9H,10H2,1-2H3,(H,24,26)(H,23,25,27). The van der Waals surface area contributed by atoms with Crippen LogP contribution in [0.15, 0.2) is 62.3 Å². The number of nitrogens with one attached hydrogen (secondary N) is 2. The zero-order chi connectivity index (χ0) is 22.8. The lowest BCUT2D eigenvalue weighted by Gasteiger charge is -2.07. The molecule has 1 heterocycles. The number of nitrogens with zero attached hydrogens (tertiary/aromatic N) is 1. The zero-order valence-corrected chi connectivity index (χ0v) is 18.8. The first-order chi connectivity index (χ1) is 14.6. The van der Waals surface area contributed by atoms with Crippen LogP contribution in [0.1, 0.15) is 11.1 Å². The number of benzene rings is 2. The average Bonchev–Trinajstić information content (AvgIpc) is 2.71. The van der Waals surface area contributed by atoms with Gasteiger partial charge >= 0.3 is 0 Å². The SMILES string of the molecule is Cc1ccc(NC(=O)CSc2ncc(S(=O)(=O)c3ccc(C)c(Cl)c3)c(=O)[nH]2)cc1F. The Hall–Kier alpha value is -2.69. The number of amides is 1. The third-order valence-corrected chi connectivity index (χ3v) is 7.32. The maximum Gasteiger partial charge on any atom is 0.270 e. The second-order valence-electron chi connectivity index (χ2n) is 6.60. The molecular weight excluding hydrogens is 465 g/mol. The molecule has 0 aliphatic heterocycles. The number of halogens is 2. The Kier molecular flexibility index (Phi) is 6.83. The molecule has 0 spiro atoms. The van der Waals surface area contributed by atoms with Crippen LogP contribution in [0.3, 0.4) is 0 Å². The summed E-state index contributed by atoms with van der Waals surface area (Å²) < 4.78 is 39.0. The van der Waals surface area contributed by atoms with E-state index in [0.717, 1.165) is 18.0 Å². The number of aryl methyl sites for hydroxylation is 2. The Bertz CT molecular complexity index is 1330. The summed E-state index contributed by atoms with van der Waals surface area (Å²) in [5.41, 5.74) is 0.590. The van der Waals surface area contributed by atoms with Gasteiger partial charge in [0.25, 0.3) is 5.56 Å². The lowest BCUT2D eigenvalue weighted by Crippen LogP contribution is -2.20. The van der Waals surface area contributed by atoms with Crippen LogP contribution in [0.4, 0.5) is 10.1 Å². The molecule has 0 saturated carbocycles. The number of hydrogen-bond acceptors (Lipinski definition) is 6. The Morgan fingerprint density at radius 2 is 1.90 bits per heavy atom. The molecule has 0 saturated heterocycles. The highest BCUT2D eigenvalue weighted by Crippen LogP contribution is 2.24. The first-order valence-corrected chi connectivity index (χ1v) is 11.7. The van der Waals surface area contributed by atoms with Crippen molar-refractivity contribution < 1.29 is 17.6 Å². The molecular formula is C20H17ClFN3O4S2. The third kappa shape index (κ3) is 5.33. The molecule has 3 aromatic rings. The Labute approximate surface area is 187 Å². The predicted octanol–water partition coefficient (Wildman–Crippen LogP) is 3.74. The number of sulfone groups is 1. The monoisotopic (exact) mass is 481 g/mol. The van der Waals surface area contributed by atoms with E-state index in [4.69, 9.17) is 11.6 Å². The minimum atomic E-state index is -4.12. The van der Waals surface area contributed by atoms with Gasteiger partial charge in [0.05, 0.1) is 16.8 Å². The summed E-state index contributed by atoms with van der Waals surface area (Å²) in [6.07, 6.45) is 0.942. The smallest absolute Gasteiger partial charge is 0.270 e. The van der Waals surface area contributed by atoms with Crippen LogP contribution in [0.2, 0.25) is 5.02 Å². The van der Waals surface area contributed by atoms with Gasteiger partial charge in [-0.25, -0.2) is 17.8 Å². The molecule has 0 bridgehead atoms. The summed E-state index contributed by atoms with van der Waals surface area (Å²) in [5.74, 6) is -1.01. The number of carbonyl (C=O) groups excluding carboxylic acids is 1. The van der Waals surface area contributed by atoms with Crippen molar-refractivity contribution >= 4 is 44.8 Å². The van der Waals surface area contributed by atoms with Gasteiger partial charge in [-0.05, 0) is 49.2 Å². The van der Waals surface area contributed by atoms with Crippen LogP contribution in [-0.4, -0.2) is 30.0 Å². The first kappa shape index (κ1) is 23.0. The molecule has 31 heavy (non-hydrogen) atoms. The molecule has 0 radical (unpaired) electrons. The number of H-pyrrole nitrogens is 1. The van der Waals surface area contributed by atoms with Gasteiger partial charge in [0.2, 0.25) is 15.7 Å². The maximum absolute atomic E-state index is 13.6. The maximum atomic E-state index is 13.6. The third-order valence-electron chi connectivity index (χ3n) is 4.28. The molecule has 0 aliphatic rings. The average molecular weight is 482 g/mol. The normalized spacial score (nSPS) is 11.4. The van der Waals surface area contributed by atoms with Gasteiger partial charge in [-0.15, -0.1) is 0 Å². The van der Waals surface area contributed by atoms with Crippen LogP contribution < -0.4 is 10.9 Å². The molecule has 3 rings (SSSR count). The lowest BCUT2D eigenvalue weighted by atomic mass is 10.2. The Morgan fingerprint density at radius 3 is 2.55 bits per heavy atom. The van der Waals surface area contributed by atoms with Crippen LogP contribution in [0.5, 0.6) is 0 Å². The lowest BCUT2D eigenvalue weighted by molar-refractivity contribution is -0.113. The molecule has 1 aromatic heterocycles. The molecule has 0 unspecified atom stereocenters. The van der Waals surface area contributed by atoms with Crippen molar-refractivity contribution in [3.05, 3.63) is 74.9 Å². The van der Waals surface area contributed by atoms with Crippen LogP contribution in [-0.2, 0) is 14.6 Å². The summed E-state index contributed by atoms with van der Waals surface area (Å²) in [5, 5.41) is 2.86. The van der Waals surface area contributed by atoms with Gasteiger partial charge in [-0.3, -0.25) is 9.59 Å². The molecule has 7 nitrogen and oxygen atoms in total. The zero-order valence-electron chi connectivity index (χ0n) is 16.4. The quantitative estimate of drug-likeness (QED) is 0.410. The van der Waals surface area contributed by atoms with Crippen molar-refractivity contribution in [1.82, 2.24) is 9.97 Å². The summed E-state index contributed by atoms with van der Waals surface area (Å²) >= 11 is 6.89. The fourth-order valence-electron chi connectivity index (χ4n) is 2.50. The highest BCUT2D eigenvalue weighted by Gasteiger charge is 2.23. The number of hydrogen-bond donors (Lipinski definition) is 2. The van der Waals surface area contributed by atoms with E-state index < -0.39 is 32.0 Å². The van der Waals surface area contributed by atoms with Crippen LogP contribution in [0, 0.1) is 19.7 Å². The highest BCUT2D eigenvalue weighted by molar-refractivity contribution is 7.99. The van der Waals surface area contributed by atoms with E-state index in [9.17, 15) is 22.4 Å². The number of aromatic amines is 1. The summed E-state index contributed by atoms with van der Waals surface area (Å²) in [4.78, 5) is 30.0. The molecule has 162 valence electrons. The number of rotatable bonds is 6. The minimum Gasteiger partial charge on any atom is -0.325 e. The van der Waals surface area contributed by atoms with Crippen molar-refractivity contribution in [2.24, 2.45) is 0 Å². The fraction of sp³-hybridized carbons (Fsp3) is 0.150. The van der Waals surface area contributed by atoms with Gasteiger partial charge in [0.1, 0.15) is 5.82 Å². The number of aromatic nitrogens is 2. The fourth-order valence-corrected chi connectivity index (χ4v) is 4.64. The molecule has 0 aliphatic carbocycles. The molecule has 1 amide bonds. The van der Waals surface area contributed by atoms with Gasteiger partial charge in [0, 0.05) is 10.7 Å². The van der Waals surface area contributed by atoms with E-state index >= 15 is 0 Å². The van der Waals surface area contributed by atoms with Gasteiger partial charge in [-0.2, -0.15) is 0 Å². The van der Waals surface area contributed by atoms with E-state index in [0.29, 0.717) is 16.8 Å². The summed E-state index contributed by atoms with van der Waals surface area (Å²) in [6, 6.07) is 8.48. The summed E-state index contributed by atoms with van der Waals surface area (Å²) in [7, 11) is -4.12. The van der Waals surface area contributed by atoms with E-state index in [1.54, 1.807) is 26.0 Å². The number of thioether (sulfide) groups is 1. The second-order valence-corrected chi connectivity index (χ2v) is 9.89. The predicted molar refractivity (Wildman–Crippen MR) is 117 cm³/mol. The largest absolute Gasteiger partial charge is 0.325 e. The van der Waals surface area contributed by atoms with E-state index in [2.05, 4.69) is 15.3 Å². The van der Waals surface area contributed by atoms with Gasteiger partial charge in [-0.1, -0.05) is 35.5 Å². The van der Waals surface area contributed by atoms with Gasteiger partial charge in [0.15, 0.2) is 10.1 Å². The number of carbonyl (C=O) groups is 1.